The van der Waals surface area contributed by atoms with E-state index in [0.29, 0.717) is 6.54 Å². The van der Waals surface area contributed by atoms with Crippen molar-refractivity contribution in [1.29, 1.82) is 5.26 Å². The van der Waals surface area contributed by atoms with Gasteiger partial charge in [-0.1, -0.05) is 45.4 Å². The molecule has 0 saturated carbocycles. The van der Waals surface area contributed by atoms with Crippen LogP contribution in [0.25, 0.3) is 5.41 Å². The van der Waals surface area contributed by atoms with Crippen LogP contribution < -0.4 is 0 Å². The van der Waals surface area contributed by atoms with Crippen LogP contribution in [0, 0.1) is 11.3 Å². The van der Waals surface area contributed by atoms with E-state index < -0.39 is 11.5 Å². The maximum Gasteiger partial charge on any atom is 0.355 e. The second-order valence-electron chi connectivity index (χ2n) is 6.59. The molecule has 0 aliphatic carbocycles. The maximum absolute atomic E-state index is 11.4. The Morgan fingerprint density at radius 3 is 2.13 bits per heavy atom. The third-order valence-corrected chi connectivity index (χ3v) is 3.97. The quantitative estimate of drug-likeness (QED) is 0.130. The van der Waals surface area contributed by atoms with Gasteiger partial charge in [-0.2, -0.15) is 5.26 Å². The summed E-state index contributed by atoms with van der Waals surface area (Å²) in [6.07, 6.45) is 10.4. The molecule has 0 aromatic heterocycles. The molecule has 130 valence electrons. The zero-order valence-electron chi connectivity index (χ0n) is 14.9. The third kappa shape index (κ3) is 11.6. The topological polar surface area (TPSA) is 72.4 Å². The molecule has 0 aromatic rings. The number of ether oxygens (including phenoxy) is 1. The van der Waals surface area contributed by atoms with Gasteiger partial charge in [-0.3, -0.25) is 0 Å². The second-order valence-corrected chi connectivity index (χ2v) is 6.59. The highest BCUT2D eigenvalue weighted by atomic mass is 16.5. The van der Waals surface area contributed by atoms with Crippen LogP contribution in [0.1, 0.15) is 58.3 Å². The number of likely N-dealkylation sites (N-methyl/N-ethyl adjacent to an activating group) is 1. The van der Waals surface area contributed by atoms with E-state index in [-0.39, 0.29) is 6.61 Å². The Bertz CT molecular complexity index is 432. The van der Waals surface area contributed by atoms with Crippen LogP contribution >= 0.6 is 0 Å². The van der Waals surface area contributed by atoms with Crippen molar-refractivity contribution >= 4 is 11.8 Å². The zero-order valence-corrected chi connectivity index (χ0v) is 14.9. The summed E-state index contributed by atoms with van der Waals surface area (Å²) in [7, 11) is 4.21. The molecule has 0 rings (SSSR count). The van der Waals surface area contributed by atoms with E-state index in [1.54, 1.807) is 11.9 Å². The normalized spacial score (nSPS) is 10.7. The van der Waals surface area contributed by atoms with Crippen LogP contribution in [-0.4, -0.2) is 50.1 Å². The van der Waals surface area contributed by atoms with E-state index in [9.17, 15) is 4.79 Å². The Labute approximate surface area is 141 Å². The fourth-order valence-corrected chi connectivity index (χ4v) is 2.36. The molecule has 5 heteroatoms. The fraction of sp³-hybridized carbons (Fsp3) is 0.778. The molecule has 0 saturated heterocycles. The lowest BCUT2D eigenvalue weighted by Crippen LogP contribution is -2.43. The summed E-state index contributed by atoms with van der Waals surface area (Å²) >= 11 is 0. The molecule has 0 heterocycles. The van der Waals surface area contributed by atoms with Gasteiger partial charge in [0.2, 0.25) is 0 Å². The summed E-state index contributed by atoms with van der Waals surface area (Å²) in [6.45, 7) is 4.19. The molecule has 0 amide bonds. The van der Waals surface area contributed by atoms with E-state index in [1.807, 2.05) is 0 Å². The Kier molecular flexibility index (Phi) is 12.0. The Morgan fingerprint density at radius 2 is 1.61 bits per heavy atom. The first-order chi connectivity index (χ1) is 11.0. The maximum atomic E-state index is 11.4. The summed E-state index contributed by atoms with van der Waals surface area (Å²) in [6, 6.07) is 1.54. The number of carbonyl (C=O) groups is 1. The van der Waals surface area contributed by atoms with Crippen molar-refractivity contribution < 1.29 is 14.0 Å². The standard InChI is InChI=1S/C18H31N3O2/c1-4-5-6-7-8-9-10-11-12-21(2,3)13-14-23-18(22)17(15-19)16-20/h4-14H2,1-3H3. The van der Waals surface area contributed by atoms with Crippen molar-refractivity contribution in [3.8, 4) is 6.07 Å². The minimum atomic E-state index is -0.818. The molecule has 23 heavy (non-hydrogen) atoms. The van der Waals surface area contributed by atoms with Gasteiger partial charge in [0.05, 0.1) is 20.6 Å². The number of unbranched alkanes of at least 4 members (excludes halogenated alkanes) is 7. The van der Waals surface area contributed by atoms with Crippen LogP contribution in [0.3, 0.4) is 0 Å². The molecule has 5 nitrogen and oxygen atoms in total. The number of hydrogen-bond acceptors (Lipinski definition) is 3. The summed E-state index contributed by atoms with van der Waals surface area (Å²) in [5.74, 6) is 0.724. The molecule has 0 aromatic carbocycles. The lowest BCUT2D eigenvalue weighted by molar-refractivity contribution is -0.890. The lowest BCUT2D eigenvalue weighted by atomic mass is 10.1. The van der Waals surface area contributed by atoms with Crippen molar-refractivity contribution in [3.63, 3.8) is 0 Å². The van der Waals surface area contributed by atoms with Crippen LogP contribution in [0.15, 0.2) is 5.57 Å². The highest BCUT2D eigenvalue weighted by molar-refractivity contribution is 6.02. The summed E-state index contributed by atoms with van der Waals surface area (Å²) in [5.41, 5.74) is -0.488. The van der Waals surface area contributed by atoms with Crippen molar-refractivity contribution in [3.05, 3.63) is 11.0 Å². The summed E-state index contributed by atoms with van der Waals surface area (Å²) in [4.78, 5) is 11.4. The van der Waals surface area contributed by atoms with Crippen molar-refractivity contribution in [1.82, 2.24) is 0 Å². The number of hydrogen-bond donors (Lipinski definition) is 0. The smallest absolute Gasteiger partial charge is 0.355 e. The summed E-state index contributed by atoms with van der Waals surface area (Å²) in [5, 5.41) is 17.2. The monoisotopic (exact) mass is 321 g/mol. The molecular formula is C18H31N3O2. The number of carbonyl (C=O) groups excluding carboxylic acids is 1. The molecule has 0 N–H and O–H groups in total. The predicted molar refractivity (Wildman–Crippen MR) is 92.9 cm³/mol. The van der Waals surface area contributed by atoms with Gasteiger partial charge in [0.15, 0.2) is 5.57 Å². The first-order valence-corrected chi connectivity index (χ1v) is 8.63. The van der Waals surface area contributed by atoms with Gasteiger partial charge in [0.25, 0.3) is 0 Å². The largest absolute Gasteiger partial charge is 0.762 e. The van der Waals surface area contributed by atoms with Crippen molar-refractivity contribution in [2.45, 2.75) is 58.3 Å². The number of nitriles is 1. The highest BCUT2D eigenvalue weighted by Gasteiger charge is 2.16. The molecular weight excluding hydrogens is 290 g/mol. The first kappa shape index (κ1) is 21.4. The molecule has 0 radical (unpaired) electrons. The number of rotatable bonds is 13. The van der Waals surface area contributed by atoms with Crippen molar-refractivity contribution in [2.24, 2.45) is 0 Å². The predicted octanol–water partition coefficient (Wildman–Crippen LogP) is 3.44. The van der Waals surface area contributed by atoms with Crippen molar-refractivity contribution in [2.75, 3.05) is 33.8 Å². The van der Waals surface area contributed by atoms with Crippen LogP contribution in [-0.2, 0) is 9.53 Å². The van der Waals surface area contributed by atoms with Gasteiger partial charge in [0, 0.05) is 0 Å². The molecule has 0 atom stereocenters. The van der Waals surface area contributed by atoms with Crippen LogP contribution in [0.5, 0.6) is 0 Å². The molecule has 0 fully saturated rings. The van der Waals surface area contributed by atoms with Gasteiger partial charge >= 0.3 is 5.97 Å². The Morgan fingerprint density at radius 1 is 1.04 bits per heavy atom. The van der Waals surface area contributed by atoms with Crippen LogP contribution in [0.4, 0.5) is 0 Å². The van der Waals surface area contributed by atoms with E-state index >= 15 is 0 Å². The SMILES string of the molecule is CCCCCCCCCC[N+](C)(C)CCOC(=O)C(=C=[N-])C#N. The van der Waals surface area contributed by atoms with Gasteiger partial charge in [-0.05, 0) is 12.8 Å². The first-order valence-electron chi connectivity index (χ1n) is 8.63. The minimum absolute atomic E-state index is 0.232. The Balaban J connectivity index is 3.75. The van der Waals surface area contributed by atoms with Gasteiger partial charge in [-0.15, -0.1) is 0 Å². The average Bonchev–Trinajstić information content (AvgIpc) is 2.51. The lowest BCUT2D eigenvalue weighted by Gasteiger charge is -2.29. The van der Waals surface area contributed by atoms with E-state index in [2.05, 4.69) is 21.0 Å². The minimum Gasteiger partial charge on any atom is -0.762 e. The van der Waals surface area contributed by atoms with E-state index in [1.165, 1.54) is 51.4 Å². The second kappa shape index (κ2) is 12.9. The van der Waals surface area contributed by atoms with E-state index in [4.69, 9.17) is 15.4 Å². The van der Waals surface area contributed by atoms with Crippen LogP contribution in [0.2, 0.25) is 0 Å². The molecule has 0 bridgehead atoms. The molecule has 0 aliphatic rings. The molecule has 0 unspecified atom stereocenters. The van der Waals surface area contributed by atoms with Gasteiger partial charge in [0.1, 0.15) is 19.2 Å². The number of quaternary nitrogens is 1. The average molecular weight is 321 g/mol. The molecule has 0 aliphatic heterocycles. The fourth-order valence-electron chi connectivity index (χ4n) is 2.36. The Hall–Kier alpha value is -1.63. The third-order valence-electron chi connectivity index (χ3n) is 3.97. The van der Waals surface area contributed by atoms with Gasteiger partial charge < -0.3 is 14.6 Å². The van der Waals surface area contributed by atoms with E-state index in [0.717, 1.165) is 11.0 Å². The number of esters is 1. The zero-order chi connectivity index (χ0) is 17.6. The molecule has 0 spiro atoms. The number of nitrogens with zero attached hydrogens (tertiary/aromatic N) is 3. The van der Waals surface area contributed by atoms with Gasteiger partial charge in [-0.25, -0.2) is 10.7 Å². The summed E-state index contributed by atoms with van der Waals surface area (Å²) < 4.78 is 5.74. The highest BCUT2D eigenvalue weighted by Crippen LogP contribution is 2.10.